The van der Waals surface area contributed by atoms with Crippen molar-refractivity contribution in [3.05, 3.63) is 72.0 Å². The van der Waals surface area contributed by atoms with E-state index < -0.39 is 23.9 Å². The molecule has 1 fully saturated rings. The molecule has 0 radical (unpaired) electrons. The summed E-state index contributed by atoms with van der Waals surface area (Å²) in [6, 6.07) is 16.4. The molecule has 8 heteroatoms. The molecular weight excluding hydrogens is 422 g/mol. The lowest BCUT2D eigenvalue weighted by Crippen LogP contribution is -2.51. The lowest BCUT2D eigenvalue weighted by molar-refractivity contribution is -0.127. The van der Waals surface area contributed by atoms with Crippen molar-refractivity contribution in [2.45, 2.75) is 31.3 Å². The van der Waals surface area contributed by atoms with Gasteiger partial charge in [-0.05, 0) is 30.5 Å². The van der Waals surface area contributed by atoms with E-state index in [1.165, 1.54) is 0 Å². The standard InChI is InChI=1S/C25H25N3O5/c29-15-19(13-18-10-11-26-23(18)30)27-24(31)20(12-16-6-2-1-3-7-16)28-25(32)22-14-17-8-4-5-9-21(17)33-22/h1-9,14-15,18-20H,10-13H2,(H,26,30)(H,27,31)(H,28,32)/t18-,19-,20-/m0/s1. The van der Waals surface area contributed by atoms with Gasteiger partial charge >= 0.3 is 0 Å². The van der Waals surface area contributed by atoms with Gasteiger partial charge in [-0.1, -0.05) is 48.5 Å². The number of aldehydes is 1. The van der Waals surface area contributed by atoms with Crippen LogP contribution in [0.15, 0.2) is 65.1 Å². The number of hydrogen-bond acceptors (Lipinski definition) is 5. The molecule has 3 amide bonds. The van der Waals surface area contributed by atoms with Crippen LogP contribution in [0, 0.1) is 5.92 Å². The number of nitrogens with one attached hydrogen (secondary N) is 3. The van der Waals surface area contributed by atoms with E-state index in [0.717, 1.165) is 10.9 Å². The molecule has 0 saturated carbocycles. The molecule has 33 heavy (non-hydrogen) atoms. The van der Waals surface area contributed by atoms with Crippen molar-refractivity contribution in [3.8, 4) is 0 Å². The molecular formula is C25H25N3O5. The largest absolute Gasteiger partial charge is 0.451 e. The van der Waals surface area contributed by atoms with Gasteiger partial charge in [-0.2, -0.15) is 0 Å². The molecule has 1 aromatic heterocycles. The number of hydrogen-bond donors (Lipinski definition) is 3. The first kappa shape index (κ1) is 22.3. The van der Waals surface area contributed by atoms with E-state index in [2.05, 4.69) is 16.0 Å². The smallest absolute Gasteiger partial charge is 0.287 e. The summed E-state index contributed by atoms with van der Waals surface area (Å²) in [4.78, 5) is 49.5. The second kappa shape index (κ2) is 10.1. The third kappa shape index (κ3) is 5.46. The molecule has 1 saturated heterocycles. The fourth-order valence-corrected chi connectivity index (χ4v) is 3.99. The number of carbonyl (C=O) groups is 4. The normalized spacial score (nSPS) is 17.2. The Morgan fingerprint density at radius 3 is 2.55 bits per heavy atom. The molecule has 2 aromatic carbocycles. The molecule has 8 nitrogen and oxygen atoms in total. The Balaban J connectivity index is 1.49. The molecule has 3 aromatic rings. The highest BCUT2D eigenvalue weighted by Gasteiger charge is 2.30. The van der Waals surface area contributed by atoms with Crippen molar-refractivity contribution >= 4 is 35.0 Å². The van der Waals surface area contributed by atoms with Crippen molar-refractivity contribution in [1.82, 2.24) is 16.0 Å². The monoisotopic (exact) mass is 447 g/mol. The van der Waals surface area contributed by atoms with Gasteiger partial charge in [0.1, 0.15) is 17.9 Å². The van der Waals surface area contributed by atoms with E-state index in [4.69, 9.17) is 4.42 Å². The summed E-state index contributed by atoms with van der Waals surface area (Å²) in [5.74, 6) is -1.37. The number of furan rings is 1. The molecule has 0 bridgehead atoms. The Kier molecular flexibility index (Phi) is 6.83. The Morgan fingerprint density at radius 1 is 1.09 bits per heavy atom. The maximum Gasteiger partial charge on any atom is 0.287 e. The van der Waals surface area contributed by atoms with Crippen molar-refractivity contribution in [2.24, 2.45) is 5.92 Å². The molecule has 170 valence electrons. The molecule has 1 aliphatic heterocycles. The maximum atomic E-state index is 13.1. The zero-order chi connectivity index (χ0) is 23.2. The highest BCUT2D eigenvalue weighted by molar-refractivity contribution is 5.99. The number of carbonyl (C=O) groups excluding carboxylic acids is 4. The van der Waals surface area contributed by atoms with Crippen molar-refractivity contribution in [2.75, 3.05) is 6.54 Å². The maximum absolute atomic E-state index is 13.1. The summed E-state index contributed by atoms with van der Waals surface area (Å²) in [7, 11) is 0. The average Bonchev–Trinajstić information content (AvgIpc) is 3.44. The average molecular weight is 447 g/mol. The molecule has 1 aliphatic rings. The molecule has 2 heterocycles. The van der Waals surface area contributed by atoms with Gasteiger partial charge in [0.15, 0.2) is 5.76 Å². The van der Waals surface area contributed by atoms with Crippen LogP contribution in [0.5, 0.6) is 0 Å². The van der Waals surface area contributed by atoms with E-state index in [9.17, 15) is 19.2 Å². The number of rotatable bonds is 9. The van der Waals surface area contributed by atoms with Gasteiger partial charge in [0.25, 0.3) is 5.91 Å². The predicted molar refractivity (Wildman–Crippen MR) is 121 cm³/mol. The highest BCUT2D eigenvalue weighted by atomic mass is 16.3. The predicted octanol–water partition coefficient (Wildman–Crippen LogP) is 1.98. The lowest BCUT2D eigenvalue weighted by Gasteiger charge is -2.21. The first-order valence-corrected chi connectivity index (χ1v) is 10.9. The Bertz CT molecular complexity index is 1120. The summed E-state index contributed by atoms with van der Waals surface area (Å²) in [6.45, 7) is 0.563. The van der Waals surface area contributed by atoms with Gasteiger partial charge < -0.3 is 25.2 Å². The number of benzene rings is 2. The zero-order valence-corrected chi connectivity index (χ0v) is 18.0. The third-order valence-corrected chi connectivity index (χ3v) is 5.75. The topological polar surface area (TPSA) is 118 Å². The summed E-state index contributed by atoms with van der Waals surface area (Å²) < 4.78 is 5.62. The molecule has 0 unspecified atom stereocenters. The van der Waals surface area contributed by atoms with Crippen molar-refractivity contribution in [1.29, 1.82) is 0 Å². The van der Waals surface area contributed by atoms with Gasteiger partial charge in [0.05, 0.1) is 6.04 Å². The molecule has 3 atom stereocenters. The van der Waals surface area contributed by atoms with Gasteiger partial charge in [0, 0.05) is 24.3 Å². The van der Waals surface area contributed by atoms with Gasteiger partial charge in [0.2, 0.25) is 11.8 Å². The fourth-order valence-electron chi connectivity index (χ4n) is 3.99. The van der Waals surface area contributed by atoms with E-state index in [1.807, 2.05) is 48.5 Å². The quantitative estimate of drug-likeness (QED) is 0.434. The summed E-state index contributed by atoms with van der Waals surface area (Å²) >= 11 is 0. The first-order valence-electron chi connectivity index (χ1n) is 10.9. The van der Waals surface area contributed by atoms with Crippen LogP contribution in [0.25, 0.3) is 11.0 Å². The van der Waals surface area contributed by atoms with Crippen LogP contribution in [-0.4, -0.2) is 42.6 Å². The molecule has 4 rings (SSSR count). The van der Waals surface area contributed by atoms with Crippen LogP contribution < -0.4 is 16.0 Å². The minimum absolute atomic E-state index is 0.0941. The van der Waals surface area contributed by atoms with E-state index in [-0.39, 0.29) is 30.4 Å². The number of fused-ring (bicyclic) bond motifs is 1. The summed E-state index contributed by atoms with van der Waals surface area (Å²) in [6.07, 6.45) is 1.70. The Labute approximate surface area is 190 Å². The van der Waals surface area contributed by atoms with Crippen LogP contribution >= 0.6 is 0 Å². The van der Waals surface area contributed by atoms with Crippen LogP contribution in [0.1, 0.15) is 29.0 Å². The zero-order valence-electron chi connectivity index (χ0n) is 18.0. The number of amides is 3. The van der Waals surface area contributed by atoms with Gasteiger partial charge in [-0.3, -0.25) is 14.4 Å². The Hall–Kier alpha value is -3.94. The van der Waals surface area contributed by atoms with Gasteiger partial charge in [-0.15, -0.1) is 0 Å². The Morgan fingerprint density at radius 2 is 1.85 bits per heavy atom. The lowest BCUT2D eigenvalue weighted by atomic mass is 9.98. The number of para-hydroxylation sites is 1. The van der Waals surface area contributed by atoms with Crippen LogP contribution in [0.4, 0.5) is 0 Å². The SMILES string of the molecule is O=C[C@H](C[C@@H]1CCNC1=O)NC(=O)[C@H](Cc1ccccc1)NC(=O)c1cc2ccccc2o1. The van der Waals surface area contributed by atoms with Crippen molar-refractivity contribution in [3.63, 3.8) is 0 Å². The van der Waals surface area contributed by atoms with E-state index >= 15 is 0 Å². The fraction of sp³-hybridized carbons (Fsp3) is 0.280. The molecule has 0 aliphatic carbocycles. The highest BCUT2D eigenvalue weighted by Crippen LogP contribution is 2.19. The molecule has 0 spiro atoms. The first-order chi connectivity index (χ1) is 16.0. The minimum Gasteiger partial charge on any atom is -0.451 e. The molecule has 3 N–H and O–H groups in total. The van der Waals surface area contributed by atoms with Crippen LogP contribution in [-0.2, 0) is 20.8 Å². The van der Waals surface area contributed by atoms with Crippen molar-refractivity contribution < 1.29 is 23.6 Å². The van der Waals surface area contributed by atoms with Gasteiger partial charge in [-0.25, -0.2) is 0 Å². The van der Waals surface area contributed by atoms with E-state index in [1.54, 1.807) is 12.1 Å². The van der Waals surface area contributed by atoms with E-state index in [0.29, 0.717) is 24.8 Å². The summed E-state index contributed by atoms with van der Waals surface area (Å²) in [5.41, 5.74) is 1.42. The second-order valence-electron chi connectivity index (χ2n) is 8.13. The summed E-state index contributed by atoms with van der Waals surface area (Å²) in [5, 5.41) is 8.93. The van der Waals surface area contributed by atoms with Crippen LogP contribution in [0.2, 0.25) is 0 Å². The third-order valence-electron chi connectivity index (χ3n) is 5.75. The minimum atomic E-state index is -0.937. The van der Waals surface area contributed by atoms with Crippen LogP contribution in [0.3, 0.4) is 0 Å². The second-order valence-corrected chi connectivity index (χ2v) is 8.13.